The predicted octanol–water partition coefficient (Wildman–Crippen LogP) is 7.35. The second-order valence-corrected chi connectivity index (χ2v) is 10.8. The Hall–Kier alpha value is -3.16. The summed E-state index contributed by atoms with van der Waals surface area (Å²) in [6.45, 7) is 9.37. The number of nitrogens with two attached hydrogens (primary N) is 1. The molecular formula is C31H40N2O4S. The highest BCUT2D eigenvalue weighted by Crippen LogP contribution is 2.31. The molecule has 1 aromatic heterocycles. The first-order chi connectivity index (χ1) is 18.2. The number of carbonyl (C=O) groups is 2. The zero-order valence-corrected chi connectivity index (χ0v) is 23.7. The molecule has 204 valence electrons. The molecule has 1 aliphatic heterocycles. The third-order valence-electron chi connectivity index (χ3n) is 7.01. The molecule has 1 saturated heterocycles. The van der Waals surface area contributed by atoms with Crippen LogP contribution in [0.3, 0.4) is 0 Å². The van der Waals surface area contributed by atoms with Crippen molar-refractivity contribution in [1.29, 1.82) is 0 Å². The van der Waals surface area contributed by atoms with Crippen LogP contribution in [0.15, 0.2) is 60.0 Å². The summed E-state index contributed by atoms with van der Waals surface area (Å²) in [5, 5.41) is 4.97. The van der Waals surface area contributed by atoms with Crippen LogP contribution in [-0.4, -0.2) is 30.7 Å². The standard InChI is InChI=1S/C22H24N2OS.C9H16O3/c1-3-15(2)13-16-6-8-17(9-7-16)22(25)24-20-14-18(10-11-19(20)23)21-5-4-12-26-21;1-3-9(12-8(2)10)4-6-11-7-5-9/h4-12,14-15H,3,13,23H2,1-2H3,(H,24,25);3-7H2,1-2H3. The number of rotatable bonds is 8. The van der Waals surface area contributed by atoms with Crippen molar-refractivity contribution < 1.29 is 19.1 Å². The van der Waals surface area contributed by atoms with E-state index < -0.39 is 0 Å². The second-order valence-electron chi connectivity index (χ2n) is 9.89. The summed E-state index contributed by atoms with van der Waals surface area (Å²) in [4.78, 5) is 24.6. The molecule has 0 saturated carbocycles. The summed E-state index contributed by atoms with van der Waals surface area (Å²) in [6.07, 6.45) is 4.75. The summed E-state index contributed by atoms with van der Waals surface area (Å²) in [5.74, 6) is 0.323. The van der Waals surface area contributed by atoms with Crippen LogP contribution in [0.5, 0.6) is 0 Å². The maximum absolute atomic E-state index is 12.6. The Morgan fingerprint density at radius 2 is 1.82 bits per heavy atom. The number of nitrogens with one attached hydrogen (secondary N) is 1. The molecule has 2 heterocycles. The topological polar surface area (TPSA) is 90.7 Å². The molecule has 1 unspecified atom stereocenters. The van der Waals surface area contributed by atoms with Gasteiger partial charge in [0.25, 0.3) is 5.91 Å². The highest BCUT2D eigenvalue weighted by molar-refractivity contribution is 7.13. The van der Waals surface area contributed by atoms with E-state index in [4.69, 9.17) is 15.2 Å². The third-order valence-corrected chi connectivity index (χ3v) is 7.93. The molecule has 0 spiro atoms. The molecule has 6 nitrogen and oxygen atoms in total. The molecule has 4 rings (SSSR count). The molecule has 3 N–H and O–H groups in total. The van der Waals surface area contributed by atoms with Gasteiger partial charge >= 0.3 is 5.97 Å². The lowest BCUT2D eigenvalue weighted by Gasteiger charge is -2.35. The van der Waals surface area contributed by atoms with Gasteiger partial charge in [-0.1, -0.05) is 51.5 Å². The van der Waals surface area contributed by atoms with E-state index in [0.717, 1.165) is 42.5 Å². The van der Waals surface area contributed by atoms with E-state index in [0.29, 0.717) is 36.1 Å². The Labute approximate surface area is 230 Å². The van der Waals surface area contributed by atoms with Gasteiger partial charge in [0, 0.05) is 30.2 Å². The molecule has 0 aliphatic carbocycles. The smallest absolute Gasteiger partial charge is 0.303 e. The van der Waals surface area contributed by atoms with Crippen LogP contribution in [-0.2, 0) is 20.7 Å². The molecule has 1 atom stereocenters. The number of thiophene rings is 1. The van der Waals surface area contributed by atoms with E-state index in [1.54, 1.807) is 11.3 Å². The zero-order chi connectivity index (χ0) is 27.5. The predicted molar refractivity (Wildman–Crippen MR) is 157 cm³/mol. The number of hydrogen-bond acceptors (Lipinski definition) is 6. The van der Waals surface area contributed by atoms with Crippen molar-refractivity contribution >= 4 is 34.6 Å². The summed E-state index contributed by atoms with van der Waals surface area (Å²) in [6, 6.07) is 17.6. The average molecular weight is 537 g/mol. The van der Waals surface area contributed by atoms with Crippen LogP contribution in [0.4, 0.5) is 11.4 Å². The largest absolute Gasteiger partial charge is 0.459 e. The fraction of sp³-hybridized carbons (Fsp3) is 0.419. The van der Waals surface area contributed by atoms with Gasteiger partial charge in [-0.25, -0.2) is 0 Å². The molecule has 7 heteroatoms. The van der Waals surface area contributed by atoms with Gasteiger partial charge in [0.15, 0.2) is 0 Å². The van der Waals surface area contributed by atoms with Crippen LogP contribution in [0.2, 0.25) is 0 Å². The van der Waals surface area contributed by atoms with E-state index in [2.05, 4.69) is 25.2 Å². The number of benzene rings is 2. The van der Waals surface area contributed by atoms with E-state index >= 15 is 0 Å². The molecule has 0 bridgehead atoms. The van der Waals surface area contributed by atoms with Crippen molar-refractivity contribution in [3.05, 3.63) is 71.1 Å². The van der Waals surface area contributed by atoms with Crippen LogP contribution >= 0.6 is 11.3 Å². The number of carbonyl (C=O) groups excluding carboxylic acids is 2. The monoisotopic (exact) mass is 536 g/mol. The van der Waals surface area contributed by atoms with E-state index in [1.165, 1.54) is 12.5 Å². The lowest BCUT2D eigenvalue weighted by Crippen LogP contribution is -2.39. The molecule has 1 amide bonds. The number of ether oxygens (including phenoxy) is 2. The molecule has 2 aromatic carbocycles. The summed E-state index contributed by atoms with van der Waals surface area (Å²) in [5.41, 5.74) is 9.97. The van der Waals surface area contributed by atoms with Crippen molar-refractivity contribution in [2.45, 2.75) is 65.4 Å². The van der Waals surface area contributed by atoms with Gasteiger partial charge in [-0.05, 0) is 65.6 Å². The maximum Gasteiger partial charge on any atom is 0.303 e. The van der Waals surface area contributed by atoms with Gasteiger partial charge < -0.3 is 20.5 Å². The number of esters is 1. The first-order valence-electron chi connectivity index (χ1n) is 13.4. The normalized spacial score (nSPS) is 15.1. The van der Waals surface area contributed by atoms with Gasteiger partial charge in [-0.15, -0.1) is 11.3 Å². The minimum atomic E-state index is -0.232. The Morgan fingerprint density at radius 1 is 1.11 bits per heavy atom. The minimum absolute atomic E-state index is 0.143. The second kappa shape index (κ2) is 14.1. The molecule has 38 heavy (non-hydrogen) atoms. The van der Waals surface area contributed by atoms with Crippen LogP contribution in [0.1, 0.15) is 69.3 Å². The number of hydrogen-bond donors (Lipinski definition) is 2. The Balaban J connectivity index is 0.000000279. The first kappa shape index (κ1) is 29.4. The van der Waals surface area contributed by atoms with Gasteiger partial charge in [0.05, 0.1) is 24.6 Å². The van der Waals surface area contributed by atoms with Crippen molar-refractivity contribution in [3.8, 4) is 10.4 Å². The quantitative estimate of drug-likeness (QED) is 0.232. The molecule has 0 radical (unpaired) electrons. The van der Waals surface area contributed by atoms with E-state index in [9.17, 15) is 9.59 Å². The summed E-state index contributed by atoms with van der Waals surface area (Å²) >= 11 is 1.66. The molecule has 3 aromatic rings. The van der Waals surface area contributed by atoms with Crippen molar-refractivity contribution in [3.63, 3.8) is 0 Å². The molecule has 1 fully saturated rings. The number of anilines is 2. The van der Waals surface area contributed by atoms with Gasteiger partial charge in [-0.2, -0.15) is 0 Å². The number of amides is 1. The summed E-state index contributed by atoms with van der Waals surface area (Å²) in [7, 11) is 0. The average Bonchev–Trinajstić information content (AvgIpc) is 3.46. The van der Waals surface area contributed by atoms with Gasteiger partial charge in [0.1, 0.15) is 5.60 Å². The van der Waals surface area contributed by atoms with Crippen molar-refractivity contribution in [1.82, 2.24) is 0 Å². The Morgan fingerprint density at radius 3 is 2.39 bits per heavy atom. The number of nitrogen functional groups attached to an aromatic ring is 1. The minimum Gasteiger partial charge on any atom is -0.459 e. The lowest BCUT2D eigenvalue weighted by molar-refractivity contribution is -0.167. The van der Waals surface area contributed by atoms with Crippen LogP contribution in [0.25, 0.3) is 10.4 Å². The van der Waals surface area contributed by atoms with Gasteiger partial charge in [-0.3, -0.25) is 9.59 Å². The highest BCUT2D eigenvalue weighted by Gasteiger charge is 2.33. The maximum atomic E-state index is 12.6. The fourth-order valence-electron chi connectivity index (χ4n) is 4.37. The lowest BCUT2D eigenvalue weighted by atomic mass is 9.91. The Bertz CT molecular complexity index is 1170. The third kappa shape index (κ3) is 8.43. The van der Waals surface area contributed by atoms with E-state index in [1.807, 2.05) is 60.8 Å². The Kier molecular flexibility index (Phi) is 10.9. The first-order valence-corrected chi connectivity index (χ1v) is 14.2. The fourth-order valence-corrected chi connectivity index (χ4v) is 5.09. The van der Waals surface area contributed by atoms with Gasteiger partial charge in [0.2, 0.25) is 0 Å². The van der Waals surface area contributed by atoms with Crippen LogP contribution < -0.4 is 11.1 Å². The summed E-state index contributed by atoms with van der Waals surface area (Å²) < 4.78 is 10.5. The van der Waals surface area contributed by atoms with Crippen molar-refractivity contribution in [2.24, 2.45) is 5.92 Å². The molecule has 1 aliphatic rings. The van der Waals surface area contributed by atoms with Crippen LogP contribution in [0, 0.1) is 5.92 Å². The SMILES string of the molecule is CCC(C)Cc1ccc(C(=O)Nc2cc(-c3cccs3)ccc2N)cc1.CCC1(OC(C)=O)CCOCC1. The van der Waals surface area contributed by atoms with Crippen molar-refractivity contribution in [2.75, 3.05) is 24.3 Å². The molecular weight excluding hydrogens is 496 g/mol. The zero-order valence-electron chi connectivity index (χ0n) is 22.9. The highest BCUT2D eigenvalue weighted by atomic mass is 32.1. The van der Waals surface area contributed by atoms with E-state index in [-0.39, 0.29) is 17.5 Å².